The largest absolute Gasteiger partial charge is 0.385 e. The Hall–Kier alpha value is -0.870. The topological polar surface area (TPSA) is 66.1 Å². The number of piperazine rings is 1. The Kier molecular flexibility index (Phi) is 11.0. The van der Waals surface area contributed by atoms with Gasteiger partial charge in [0, 0.05) is 66.1 Å². The molecule has 138 valence electrons. The molecule has 0 aliphatic carbocycles. The van der Waals surface area contributed by atoms with Crippen LogP contribution in [0.25, 0.3) is 0 Å². The predicted molar refractivity (Wildman–Crippen MR) is 106 cm³/mol. The summed E-state index contributed by atoms with van der Waals surface area (Å²) in [4.78, 5) is 9.13. The molecule has 1 aromatic heterocycles. The third-order valence-electron chi connectivity index (χ3n) is 4.07. The van der Waals surface area contributed by atoms with Crippen molar-refractivity contribution in [2.45, 2.75) is 25.8 Å². The molecule has 1 aliphatic rings. The number of nitrogens with one attached hydrogen (secondary N) is 1. The highest BCUT2D eigenvalue weighted by Crippen LogP contribution is 2.07. The minimum Gasteiger partial charge on any atom is -0.385 e. The smallest absolute Gasteiger partial charge is 0.193 e. The molecule has 0 aromatic carbocycles. The quantitative estimate of drug-likeness (QED) is 0.282. The van der Waals surface area contributed by atoms with E-state index in [9.17, 15) is 0 Å². The van der Waals surface area contributed by atoms with Crippen molar-refractivity contribution in [2.24, 2.45) is 4.99 Å². The van der Waals surface area contributed by atoms with Crippen LogP contribution in [0, 0.1) is 0 Å². The summed E-state index contributed by atoms with van der Waals surface area (Å²) < 4.78 is 9.95. The van der Waals surface area contributed by atoms with E-state index in [1.807, 2.05) is 13.1 Å². The molecule has 2 heterocycles. The maximum atomic E-state index is 5.07. The van der Waals surface area contributed by atoms with Gasteiger partial charge in [0.25, 0.3) is 0 Å². The number of halogens is 1. The van der Waals surface area contributed by atoms with Crippen molar-refractivity contribution < 1.29 is 9.26 Å². The summed E-state index contributed by atoms with van der Waals surface area (Å²) in [6.07, 6.45) is 5.08. The van der Waals surface area contributed by atoms with Gasteiger partial charge in [0.05, 0.1) is 5.69 Å². The summed E-state index contributed by atoms with van der Waals surface area (Å²) >= 11 is 0. The van der Waals surface area contributed by atoms with Crippen LogP contribution in [0.2, 0.25) is 0 Å². The molecule has 0 atom stereocenters. The van der Waals surface area contributed by atoms with Crippen LogP contribution < -0.4 is 5.32 Å². The van der Waals surface area contributed by atoms with Crippen LogP contribution in [0.1, 0.15) is 25.0 Å². The number of hydrogen-bond donors (Lipinski definition) is 1. The van der Waals surface area contributed by atoms with Crippen molar-refractivity contribution in [1.82, 2.24) is 20.3 Å². The van der Waals surface area contributed by atoms with Gasteiger partial charge in [-0.15, -0.1) is 24.0 Å². The Morgan fingerprint density at radius 3 is 2.71 bits per heavy atom. The molecule has 7 nitrogen and oxygen atoms in total. The SMILES string of the molecule is CN=C(NCCCCCOC)N1CCN(Cc2ccon2)CC1.I. The number of hydrogen-bond acceptors (Lipinski definition) is 5. The van der Waals surface area contributed by atoms with Crippen LogP contribution >= 0.6 is 24.0 Å². The Balaban J connectivity index is 0.00000288. The zero-order valence-electron chi connectivity index (χ0n) is 14.7. The Morgan fingerprint density at radius 1 is 1.29 bits per heavy atom. The van der Waals surface area contributed by atoms with Crippen molar-refractivity contribution in [3.8, 4) is 0 Å². The van der Waals surface area contributed by atoms with Gasteiger partial charge in [-0.05, 0) is 19.3 Å². The summed E-state index contributed by atoms with van der Waals surface area (Å²) in [6.45, 7) is 6.68. The molecule has 0 spiro atoms. The molecule has 1 saturated heterocycles. The molecular formula is C16H30IN5O2. The van der Waals surface area contributed by atoms with E-state index in [4.69, 9.17) is 9.26 Å². The third kappa shape index (κ3) is 7.35. The van der Waals surface area contributed by atoms with Gasteiger partial charge in [-0.3, -0.25) is 9.89 Å². The number of aliphatic imine (C=N–C) groups is 1. The molecule has 0 amide bonds. The second kappa shape index (κ2) is 12.5. The number of rotatable bonds is 8. The zero-order chi connectivity index (χ0) is 16.3. The molecule has 1 aromatic rings. The fourth-order valence-corrected chi connectivity index (χ4v) is 2.75. The lowest BCUT2D eigenvalue weighted by molar-refractivity contribution is 0.169. The van der Waals surface area contributed by atoms with Crippen LogP contribution in [0.5, 0.6) is 0 Å². The third-order valence-corrected chi connectivity index (χ3v) is 4.07. The molecule has 0 unspecified atom stereocenters. The first-order chi connectivity index (χ1) is 11.3. The van der Waals surface area contributed by atoms with Crippen LogP contribution in [0.4, 0.5) is 0 Å². The maximum absolute atomic E-state index is 5.07. The van der Waals surface area contributed by atoms with Crippen molar-refractivity contribution >= 4 is 29.9 Å². The van der Waals surface area contributed by atoms with E-state index in [0.29, 0.717) is 0 Å². The van der Waals surface area contributed by atoms with E-state index in [1.54, 1.807) is 13.4 Å². The summed E-state index contributed by atoms with van der Waals surface area (Å²) in [7, 11) is 3.61. The highest BCUT2D eigenvalue weighted by molar-refractivity contribution is 14.0. The van der Waals surface area contributed by atoms with E-state index in [2.05, 4.69) is 25.3 Å². The van der Waals surface area contributed by atoms with Crippen LogP contribution in [0.15, 0.2) is 21.8 Å². The van der Waals surface area contributed by atoms with Gasteiger partial charge in [0.15, 0.2) is 5.96 Å². The predicted octanol–water partition coefficient (Wildman–Crippen LogP) is 1.80. The molecule has 0 saturated carbocycles. The molecule has 1 N–H and O–H groups in total. The van der Waals surface area contributed by atoms with Crippen LogP contribution in [-0.4, -0.2) is 74.4 Å². The van der Waals surface area contributed by atoms with Gasteiger partial charge < -0.3 is 19.5 Å². The lowest BCUT2D eigenvalue weighted by Gasteiger charge is -2.36. The number of methoxy groups -OCH3 is 1. The molecular weight excluding hydrogens is 421 g/mol. The van der Waals surface area contributed by atoms with Gasteiger partial charge >= 0.3 is 0 Å². The summed E-state index contributed by atoms with van der Waals surface area (Å²) in [5, 5.41) is 7.44. The molecule has 2 rings (SSSR count). The fraction of sp³-hybridized carbons (Fsp3) is 0.750. The Labute approximate surface area is 161 Å². The van der Waals surface area contributed by atoms with Gasteiger partial charge in [-0.1, -0.05) is 5.16 Å². The lowest BCUT2D eigenvalue weighted by atomic mass is 10.2. The van der Waals surface area contributed by atoms with E-state index in [0.717, 1.165) is 70.4 Å². The van der Waals surface area contributed by atoms with Crippen LogP contribution in [0.3, 0.4) is 0 Å². The van der Waals surface area contributed by atoms with Crippen LogP contribution in [-0.2, 0) is 11.3 Å². The molecule has 0 bridgehead atoms. The Bertz CT molecular complexity index is 447. The standard InChI is InChI=1S/C16H29N5O2.HI/c1-17-16(18-7-4-3-5-12-22-2)21-10-8-20(9-11-21)14-15-6-13-23-19-15;/h6,13H,3-5,7-12,14H2,1-2H3,(H,17,18);1H. The average molecular weight is 451 g/mol. The van der Waals surface area contributed by atoms with Crippen molar-refractivity contribution in [2.75, 3.05) is 53.5 Å². The number of aromatic nitrogens is 1. The minimum atomic E-state index is 0. The van der Waals surface area contributed by atoms with E-state index < -0.39 is 0 Å². The van der Waals surface area contributed by atoms with Crippen molar-refractivity contribution in [1.29, 1.82) is 0 Å². The first-order valence-electron chi connectivity index (χ1n) is 8.39. The number of unbranched alkanes of at least 4 members (excludes halogenated alkanes) is 2. The average Bonchev–Trinajstić information content (AvgIpc) is 3.08. The van der Waals surface area contributed by atoms with E-state index in [-0.39, 0.29) is 24.0 Å². The maximum Gasteiger partial charge on any atom is 0.193 e. The van der Waals surface area contributed by atoms with Crippen molar-refractivity contribution in [3.05, 3.63) is 18.0 Å². The van der Waals surface area contributed by atoms with Gasteiger partial charge in [-0.25, -0.2) is 0 Å². The van der Waals surface area contributed by atoms with Gasteiger partial charge in [0.2, 0.25) is 0 Å². The fourth-order valence-electron chi connectivity index (χ4n) is 2.75. The zero-order valence-corrected chi connectivity index (χ0v) is 17.1. The second-order valence-corrected chi connectivity index (χ2v) is 5.78. The number of nitrogens with zero attached hydrogens (tertiary/aromatic N) is 4. The summed E-state index contributed by atoms with van der Waals surface area (Å²) in [5.41, 5.74) is 0.997. The Morgan fingerprint density at radius 2 is 2.08 bits per heavy atom. The van der Waals surface area contributed by atoms with E-state index in [1.165, 1.54) is 6.42 Å². The number of guanidine groups is 1. The first kappa shape index (κ1) is 21.2. The molecule has 8 heteroatoms. The second-order valence-electron chi connectivity index (χ2n) is 5.78. The molecule has 0 radical (unpaired) electrons. The highest BCUT2D eigenvalue weighted by Gasteiger charge is 2.19. The molecule has 24 heavy (non-hydrogen) atoms. The monoisotopic (exact) mass is 451 g/mol. The minimum absolute atomic E-state index is 0. The van der Waals surface area contributed by atoms with E-state index >= 15 is 0 Å². The summed E-state index contributed by atoms with van der Waals surface area (Å²) in [5.74, 6) is 1.01. The first-order valence-corrected chi connectivity index (χ1v) is 8.39. The molecule has 1 aliphatic heterocycles. The van der Waals surface area contributed by atoms with Crippen molar-refractivity contribution in [3.63, 3.8) is 0 Å². The van der Waals surface area contributed by atoms with Gasteiger partial charge in [0.1, 0.15) is 6.26 Å². The molecule has 1 fully saturated rings. The lowest BCUT2D eigenvalue weighted by Crippen LogP contribution is -2.52. The summed E-state index contributed by atoms with van der Waals surface area (Å²) in [6, 6.07) is 1.93. The van der Waals surface area contributed by atoms with Gasteiger partial charge in [-0.2, -0.15) is 0 Å². The normalized spacial score (nSPS) is 16.1. The number of ether oxygens (including phenoxy) is 1. The highest BCUT2D eigenvalue weighted by atomic mass is 127.